The van der Waals surface area contributed by atoms with Crippen LogP contribution in [0, 0.1) is 0 Å². The second-order valence-electron chi connectivity index (χ2n) is 6.24. The summed E-state index contributed by atoms with van der Waals surface area (Å²) in [6.07, 6.45) is 0. The molecule has 2 aromatic carbocycles. The Hall–Kier alpha value is -2.29. The summed E-state index contributed by atoms with van der Waals surface area (Å²) < 4.78 is 45.2. The lowest BCUT2D eigenvalue weighted by atomic mass is 10.3. The number of hydrogen-bond acceptors (Lipinski definition) is 7. The Morgan fingerprint density at radius 1 is 0.600 bits per heavy atom. The quantitative estimate of drug-likeness (QED) is 0.641. The Kier molecular flexibility index (Phi) is 8.36. The molecule has 9 nitrogen and oxygen atoms in total. The lowest BCUT2D eigenvalue weighted by molar-refractivity contribution is 0.0640. The predicted molar refractivity (Wildman–Crippen MR) is 108 cm³/mol. The number of fused-ring (bicyclic) bond motifs is 2. The average molecular weight is 440 g/mol. The van der Waals surface area contributed by atoms with Gasteiger partial charge in [-0.3, -0.25) is 4.57 Å². The monoisotopic (exact) mass is 440 g/mol. The summed E-state index contributed by atoms with van der Waals surface area (Å²) in [5, 5.41) is -0.145. The van der Waals surface area contributed by atoms with Crippen molar-refractivity contribution in [3.05, 3.63) is 42.5 Å². The van der Waals surface area contributed by atoms with E-state index < -0.39 is 7.60 Å². The van der Waals surface area contributed by atoms with Gasteiger partial charge >= 0.3 is 7.60 Å². The Morgan fingerprint density at radius 3 is 1.50 bits per heavy atom. The van der Waals surface area contributed by atoms with Gasteiger partial charge in [-0.05, 0) is 30.3 Å². The highest BCUT2D eigenvalue weighted by Crippen LogP contribution is 2.37. The van der Waals surface area contributed by atoms with E-state index in [1.165, 1.54) is 18.2 Å². The summed E-state index contributed by atoms with van der Waals surface area (Å²) in [5.74, 6) is 1.86. The maximum absolute atomic E-state index is 11.5. The zero-order valence-electron chi connectivity index (χ0n) is 16.4. The van der Waals surface area contributed by atoms with Gasteiger partial charge in [-0.15, -0.1) is 0 Å². The maximum Gasteiger partial charge on any atom is 0.356 e. The van der Waals surface area contributed by atoms with Crippen LogP contribution in [-0.2, 0) is 14.0 Å². The third kappa shape index (κ3) is 6.90. The highest BCUT2D eigenvalue weighted by molar-refractivity contribution is 7.60. The molecule has 2 aromatic rings. The molecule has 30 heavy (non-hydrogen) atoms. The largest absolute Gasteiger partial charge is 0.487 e. The van der Waals surface area contributed by atoms with Crippen LogP contribution in [0.5, 0.6) is 23.0 Å². The lowest BCUT2D eigenvalue weighted by Gasteiger charge is -2.16. The SMILES string of the molecule is O=P(O)(O)c1ccc2c(c1)OCCOCCOc1ccccc1OCCOCCO2. The van der Waals surface area contributed by atoms with Gasteiger partial charge in [-0.2, -0.15) is 0 Å². The number of hydrogen-bond donors (Lipinski definition) is 2. The highest BCUT2D eigenvalue weighted by Gasteiger charge is 2.20. The number of rotatable bonds is 1. The van der Waals surface area contributed by atoms with E-state index in [0.29, 0.717) is 50.3 Å². The van der Waals surface area contributed by atoms with Crippen LogP contribution in [-0.4, -0.2) is 62.6 Å². The fraction of sp³-hybridized carbons (Fsp3) is 0.400. The van der Waals surface area contributed by atoms with Crippen molar-refractivity contribution in [1.82, 2.24) is 0 Å². The fourth-order valence-electron chi connectivity index (χ4n) is 2.64. The zero-order chi connectivity index (χ0) is 21.2. The Morgan fingerprint density at radius 2 is 1.03 bits per heavy atom. The minimum Gasteiger partial charge on any atom is -0.487 e. The Labute approximate surface area is 174 Å². The molecule has 0 atom stereocenters. The van der Waals surface area contributed by atoms with Crippen LogP contribution in [0.3, 0.4) is 0 Å². The molecule has 1 heterocycles. The van der Waals surface area contributed by atoms with Crippen LogP contribution in [0.1, 0.15) is 0 Å². The summed E-state index contributed by atoms with van der Waals surface area (Å²) in [5.41, 5.74) is 0. The minimum absolute atomic E-state index is 0.145. The third-order valence-electron chi connectivity index (χ3n) is 4.05. The van der Waals surface area contributed by atoms with Crippen molar-refractivity contribution in [1.29, 1.82) is 0 Å². The van der Waals surface area contributed by atoms with Gasteiger partial charge in [0.25, 0.3) is 0 Å². The lowest BCUT2D eigenvalue weighted by Crippen LogP contribution is -2.16. The first kappa shape index (κ1) is 22.4. The smallest absolute Gasteiger partial charge is 0.356 e. The first-order chi connectivity index (χ1) is 14.5. The van der Waals surface area contributed by atoms with Crippen molar-refractivity contribution in [2.24, 2.45) is 0 Å². The summed E-state index contributed by atoms with van der Waals surface area (Å²) in [6, 6.07) is 11.4. The molecule has 164 valence electrons. The normalized spacial score (nSPS) is 16.9. The topological polar surface area (TPSA) is 113 Å². The summed E-state index contributed by atoms with van der Waals surface area (Å²) in [7, 11) is -4.41. The molecule has 0 radical (unpaired) electrons. The molecule has 0 saturated heterocycles. The molecule has 10 heteroatoms. The summed E-state index contributed by atoms with van der Waals surface area (Å²) in [6.45, 7) is 2.38. The zero-order valence-corrected chi connectivity index (χ0v) is 17.3. The van der Waals surface area contributed by atoms with Crippen molar-refractivity contribution in [3.63, 3.8) is 0 Å². The highest BCUT2D eigenvalue weighted by atomic mass is 31.2. The average Bonchev–Trinajstić information content (AvgIpc) is 2.72. The van der Waals surface area contributed by atoms with Crippen LogP contribution in [0.25, 0.3) is 0 Å². The van der Waals surface area contributed by atoms with Crippen LogP contribution in [0.15, 0.2) is 42.5 Å². The maximum atomic E-state index is 11.5. The Bertz CT molecular complexity index is 852. The van der Waals surface area contributed by atoms with Crippen molar-refractivity contribution in [3.8, 4) is 23.0 Å². The van der Waals surface area contributed by atoms with Crippen molar-refractivity contribution in [2.75, 3.05) is 52.9 Å². The van der Waals surface area contributed by atoms with E-state index in [1.807, 2.05) is 24.3 Å². The molecule has 0 aliphatic carbocycles. The molecule has 0 bridgehead atoms. The molecule has 0 fully saturated rings. The van der Waals surface area contributed by atoms with Gasteiger partial charge in [-0.25, -0.2) is 0 Å². The van der Waals surface area contributed by atoms with Gasteiger partial charge in [0.15, 0.2) is 23.0 Å². The summed E-state index contributed by atoms with van der Waals surface area (Å²) in [4.78, 5) is 18.8. The van der Waals surface area contributed by atoms with Crippen molar-refractivity contribution < 1.29 is 42.8 Å². The first-order valence-corrected chi connectivity index (χ1v) is 11.1. The van der Waals surface area contributed by atoms with E-state index in [9.17, 15) is 14.4 Å². The second-order valence-corrected chi connectivity index (χ2v) is 7.84. The number of ether oxygens (including phenoxy) is 6. The van der Waals surface area contributed by atoms with Crippen molar-refractivity contribution >= 4 is 12.9 Å². The van der Waals surface area contributed by atoms with Gasteiger partial charge < -0.3 is 38.2 Å². The van der Waals surface area contributed by atoms with Gasteiger partial charge in [0, 0.05) is 0 Å². The van der Waals surface area contributed by atoms with Gasteiger partial charge in [-0.1, -0.05) is 12.1 Å². The Balaban J connectivity index is 1.63. The van der Waals surface area contributed by atoms with E-state index in [-0.39, 0.29) is 30.9 Å². The van der Waals surface area contributed by atoms with Gasteiger partial charge in [0.2, 0.25) is 0 Å². The molecule has 1 aliphatic rings. The van der Waals surface area contributed by atoms with E-state index in [1.54, 1.807) is 0 Å². The van der Waals surface area contributed by atoms with Gasteiger partial charge in [0.05, 0.1) is 31.7 Å². The molecule has 0 spiro atoms. The second kappa shape index (κ2) is 11.2. The van der Waals surface area contributed by atoms with Crippen LogP contribution in [0.4, 0.5) is 0 Å². The molecular weight excluding hydrogens is 415 g/mol. The van der Waals surface area contributed by atoms with Crippen LogP contribution < -0.4 is 24.3 Å². The molecule has 0 saturated carbocycles. The standard InChI is InChI=1S/C20H25O9P/c21-30(22,23)16-5-6-19-20(15-16)29-14-10-25-8-12-27-18-4-2-1-3-17(18)26-11-7-24-9-13-28-19/h1-6,15H,7-14H2,(H2,21,22,23). The summed E-state index contributed by atoms with van der Waals surface area (Å²) >= 11 is 0. The van der Waals surface area contributed by atoms with E-state index >= 15 is 0 Å². The molecule has 0 unspecified atom stereocenters. The van der Waals surface area contributed by atoms with E-state index in [0.717, 1.165) is 0 Å². The van der Waals surface area contributed by atoms with Crippen LogP contribution >= 0.6 is 7.60 Å². The number of para-hydroxylation sites is 2. The first-order valence-electron chi connectivity index (χ1n) is 9.50. The predicted octanol–water partition coefficient (Wildman–Crippen LogP) is 1.75. The van der Waals surface area contributed by atoms with E-state index in [2.05, 4.69) is 0 Å². The molecule has 0 amide bonds. The van der Waals surface area contributed by atoms with E-state index in [4.69, 9.17) is 28.4 Å². The third-order valence-corrected chi connectivity index (χ3v) is 5.00. The molecular formula is C20H25O9P. The molecule has 3 rings (SSSR count). The minimum atomic E-state index is -4.41. The molecule has 0 aromatic heterocycles. The molecule has 2 N–H and O–H groups in total. The van der Waals surface area contributed by atoms with Gasteiger partial charge in [0.1, 0.15) is 26.4 Å². The van der Waals surface area contributed by atoms with Crippen LogP contribution in [0.2, 0.25) is 0 Å². The number of benzene rings is 2. The fourth-order valence-corrected chi connectivity index (χ4v) is 3.20. The molecule has 1 aliphatic heterocycles. The van der Waals surface area contributed by atoms with Crippen molar-refractivity contribution in [2.45, 2.75) is 0 Å².